The van der Waals surface area contributed by atoms with Gasteiger partial charge in [0.2, 0.25) is 0 Å². The van der Waals surface area contributed by atoms with Crippen LogP contribution in [0.4, 0.5) is 0 Å². The molecule has 8 aromatic rings. The maximum absolute atomic E-state index is 7.00. The largest absolute Gasteiger partial charge is 0.463 e. The first kappa shape index (κ1) is 33.2. The summed E-state index contributed by atoms with van der Waals surface area (Å²) >= 11 is 0. The second kappa shape index (κ2) is 16.9. The number of hydrogen-bond acceptors (Lipinski definition) is 6. The first-order valence-corrected chi connectivity index (χ1v) is 15.2. The summed E-state index contributed by atoms with van der Waals surface area (Å²) in [6, 6.07) is 49.1. The van der Waals surface area contributed by atoms with Crippen LogP contribution in [0.2, 0.25) is 0 Å². The van der Waals surface area contributed by atoms with Gasteiger partial charge in [0.25, 0.3) is 0 Å². The molecule has 8 heteroatoms. The molecule has 240 valence electrons. The number of furan rings is 2. The molecule has 0 fully saturated rings. The SMILES string of the molecule is CO.CO.c1ccc(-c2ccc(-c3cc(-c4ccco4)[nH]n3)cc2)cc1.c1ccc(-c2ccc(-c3cc(-c4ccco4)[nH]n3)cc2)cc1. The van der Waals surface area contributed by atoms with E-state index in [1.807, 2.05) is 72.8 Å². The molecule has 0 radical (unpaired) electrons. The first-order chi connectivity index (χ1) is 23.8. The van der Waals surface area contributed by atoms with Crippen LogP contribution in [0.5, 0.6) is 0 Å². The van der Waals surface area contributed by atoms with Crippen molar-refractivity contribution >= 4 is 0 Å². The Kier molecular flexibility index (Phi) is 11.7. The average molecular weight is 637 g/mol. The molecule has 4 aromatic carbocycles. The van der Waals surface area contributed by atoms with Crippen LogP contribution in [0.1, 0.15) is 0 Å². The van der Waals surface area contributed by atoms with E-state index in [0.29, 0.717) is 0 Å². The number of nitrogens with zero attached hydrogens (tertiary/aromatic N) is 2. The Balaban J connectivity index is 0.000000170. The predicted molar refractivity (Wildman–Crippen MR) is 191 cm³/mol. The lowest BCUT2D eigenvalue weighted by molar-refractivity contribution is 0.399. The Bertz CT molecular complexity index is 1880. The smallest absolute Gasteiger partial charge is 0.151 e. The zero-order chi connectivity index (χ0) is 33.6. The molecule has 0 amide bonds. The van der Waals surface area contributed by atoms with Gasteiger partial charge in [0, 0.05) is 25.3 Å². The summed E-state index contributed by atoms with van der Waals surface area (Å²) in [5.41, 5.74) is 10.6. The summed E-state index contributed by atoms with van der Waals surface area (Å²) in [4.78, 5) is 0. The molecule has 0 atom stereocenters. The number of rotatable bonds is 6. The van der Waals surface area contributed by atoms with Crippen molar-refractivity contribution in [2.45, 2.75) is 0 Å². The fourth-order valence-corrected chi connectivity index (χ4v) is 4.98. The minimum atomic E-state index is 0.791. The van der Waals surface area contributed by atoms with E-state index in [2.05, 4.69) is 93.2 Å². The molecular weight excluding hydrogens is 600 g/mol. The van der Waals surface area contributed by atoms with E-state index in [-0.39, 0.29) is 0 Å². The zero-order valence-electron chi connectivity index (χ0n) is 26.6. The lowest BCUT2D eigenvalue weighted by Gasteiger charge is -2.02. The number of aromatic nitrogens is 4. The number of hydrogen-bond donors (Lipinski definition) is 4. The standard InChI is InChI=1S/2C19H14N2O.2CH4O/c2*1-2-5-14(6-3-1)15-8-10-16(11-9-15)17-13-18(21-20-17)19-7-4-12-22-19;2*1-2/h2*1-13H,(H,20,21);2*2H,1H3. The van der Waals surface area contributed by atoms with Crippen LogP contribution in [0.25, 0.3) is 67.7 Å². The molecule has 0 unspecified atom stereocenters. The van der Waals surface area contributed by atoms with Gasteiger partial charge in [-0.25, -0.2) is 0 Å². The summed E-state index contributed by atoms with van der Waals surface area (Å²) in [5, 5.41) is 28.7. The van der Waals surface area contributed by atoms with Crippen LogP contribution in [-0.2, 0) is 0 Å². The topological polar surface area (TPSA) is 124 Å². The van der Waals surface area contributed by atoms with Crippen molar-refractivity contribution < 1.29 is 19.0 Å². The third kappa shape index (κ3) is 8.13. The fraction of sp³-hybridized carbons (Fsp3) is 0.0500. The van der Waals surface area contributed by atoms with Gasteiger partial charge in [0.15, 0.2) is 11.5 Å². The Morgan fingerprint density at radius 3 is 1.06 bits per heavy atom. The minimum absolute atomic E-state index is 0.791. The molecule has 0 saturated carbocycles. The molecule has 0 spiro atoms. The third-order valence-electron chi connectivity index (χ3n) is 7.30. The van der Waals surface area contributed by atoms with Gasteiger partial charge in [-0.15, -0.1) is 0 Å². The maximum atomic E-state index is 7.00. The van der Waals surface area contributed by atoms with E-state index in [1.54, 1.807) is 12.5 Å². The Labute approximate surface area is 279 Å². The molecule has 0 bridgehead atoms. The van der Waals surface area contributed by atoms with Crippen molar-refractivity contribution in [3.05, 3.63) is 158 Å². The van der Waals surface area contributed by atoms with Gasteiger partial charge < -0.3 is 19.0 Å². The van der Waals surface area contributed by atoms with Crippen molar-refractivity contribution in [3.8, 4) is 67.7 Å². The molecule has 0 saturated heterocycles. The van der Waals surface area contributed by atoms with E-state index < -0.39 is 0 Å². The second-order valence-electron chi connectivity index (χ2n) is 10.2. The number of H-pyrrole nitrogens is 2. The van der Waals surface area contributed by atoms with Crippen LogP contribution >= 0.6 is 0 Å². The highest BCUT2D eigenvalue weighted by atomic mass is 16.3. The summed E-state index contributed by atoms with van der Waals surface area (Å²) in [6.07, 6.45) is 3.31. The van der Waals surface area contributed by atoms with Crippen LogP contribution in [0.3, 0.4) is 0 Å². The highest BCUT2D eigenvalue weighted by Gasteiger charge is 2.09. The monoisotopic (exact) mass is 636 g/mol. The number of aromatic amines is 2. The van der Waals surface area contributed by atoms with E-state index in [9.17, 15) is 0 Å². The molecule has 0 aliphatic rings. The number of aliphatic hydroxyl groups is 2. The summed E-state index contributed by atoms with van der Waals surface area (Å²) in [6.45, 7) is 0. The summed E-state index contributed by atoms with van der Waals surface area (Å²) in [5.74, 6) is 1.58. The minimum Gasteiger partial charge on any atom is -0.463 e. The van der Waals surface area contributed by atoms with E-state index in [0.717, 1.165) is 59.6 Å². The van der Waals surface area contributed by atoms with E-state index in [1.165, 1.54) is 22.3 Å². The maximum Gasteiger partial charge on any atom is 0.151 e. The fourth-order valence-electron chi connectivity index (χ4n) is 4.98. The van der Waals surface area contributed by atoms with Gasteiger partial charge in [-0.1, -0.05) is 109 Å². The lowest BCUT2D eigenvalue weighted by atomic mass is 10.0. The first-order valence-electron chi connectivity index (χ1n) is 15.2. The Morgan fingerprint density at radius 1 is 0.396 bits per heavy atom. The van der Waals surface area contributed by atoms with E-state index in [4.69, 9.17) is 19.0 Å². The third-order valence-corrected chi connectivity index (χ3v) is 7.30. The van der Waals surface area contributed by atoms with Crippen molar-refractivity contribution in [1.29, 1.82) is 0 Å². The van der Waals surface area contributed by atoms with Crippen molar-refractivity contribution in [1.82, 2.24) is 20.4 Å². The Morgan fingerprint density at radius 2 is 0.729 bits per heavy atom. The molecule has 48 heavy (non-hydrogen) atoms. The highest BCUT2D eigenvalue weighted by Crippen LogP contribution is 2.28. The van der Waals surface area contributed by atoms with Crippen LogP contribution in [0, 0.1) is 0 Å². The lowest BCUT2D eigenvalue weighted by Crippen LogP contribution is -1.80. The molecule has 4 N–H and O–H groups in total. The Hall–Kier alpha value is -6.22. The van der Waals surface area contributed by atoms with Crippen LogP contribution in [-0.4, -0.2) is 44.8 Å². The summed E-state index contributed by atoms with van der Waals surface area (Å²) < 4.78 is 10.7. The van der Waals surface area contributed by atoms with Crippen molar-refractivity contribution in [2.75, 3.05) is 14.2 Å². The molecular formula is C40H36N4O4. The number of benzene rings is 4. The van der Waals surface area contributed by atoms with Gasteiger partial charge >= 0.3 is 0 Å². The normalized spacial score (nSPS) is 10.1. The van der Waals surface area contributed by atoms with Gasteiger partial charge in [-0.05, 0) is 58.7 Å². The zero-order valence-corrected chi connectivity index (χ0v) is 26.6. The average Bonchev–Trinajstić information content (AvgIpc) is 4.02. The predicted octanol–water partition coefficient (Wildman–Crippen LogP) is 9.22. The van der Waals surface area contributed by atoms with Gasteiger partial charge in [-0.3, -0.25) is 10.2 Å². The molecule has 8 rings (SSSR count). The second-order valence-corrected chi connectivity index (χ2v) is 10.2. The van der Waals surface area contributed by atoms with Crippen LogP contribution in [0.15, 0.2) is 167 Å². The molecule has 4 heterocycles. The quantitative estimate of drug-likeness (QED) is 0.144. The van der Waals surface area contributed by atoms with Gasteiger partial charge in [0.1, 0.15) is 11.4 Å². The molecule has 0 aliphatic carbocycles. The van der Waals surface area contributed by atoms with Gasteiger partial charge in [0.05, 0.1) is 23.9 Å². The van der Waals surface area contributed by atoms with Crippen molar-refractivity contribution in [3.63, 3.8) is 0 Å². The number of nitrogens with one attached hydrogen (secondary N) is 2. The molecule has 4 aromatic heterocycles. The van der Waals surface area contributed by atoms with E-state index >= 15 is 0 Å². The van der Waals surface area contributed by atoms with Crippen LogP contribution < -0.4 is 0 Å². The summed E-state index contributed by atoms with van der Waals surface area (Å²) in [7, 11) is 2.00. The number of aliphatic hydroxyl groups excluding tert-OH is 2. The molecule has 0 aliphatic heterocycles. The molecule has 8 nitrogen and oxygen atoms in total. The van der Waals surface area contributed by atoms with Gasteiger partial charge in [-0.2, -0.15) is 10.2 Å². The van der Waals surface area contributed by atoms with Crippen molar-refractivity contribution in [2.24, 2.45) is 0 Å². The highest BCUT2D eigenvalue weighted by molar-refractivity contribution is 5.72.